The van der Waals surface area contributed by atoms with E-state index in [0.29, 0.717) is 25.4 Å². The van der Waals surface area contributed by atoms with E-state index in [1.807, 2.05) is 32.6 Å². The van der Waals surface area contributed by atoms with E-state index in [-0.39, 0.29) is 35.6 Å². The van der Waals surface area contributed by atoms with Crippen LogP contribution in [0.2, 0.25) is 0 Å². The smallest absolute Gasteiger partial charge is 0.243 e. The molecule has 160 valence electrons. The molecule has 6 nitrogen and oxygen atoms in total. The Hall–Kier alpha value is -1.59. The van der Waals surface area contributed by atoms with Crippen molar-refractivity contribution in [2.45, 2.75) is 91.1 Å². The molecule has 0 aromatic heterocycles. The second kappa shape index (κ2) is 10.8. The number of nitrogens with zero attached hydrogens (tertiary/aromatic N) is 1. The van der Waals surface area contributed by atoms with Gasteiger partial charge in [0.25, 0.3) is 0 Å². The van der Waals surface area contributed by atoms with E-state index in [0.717, 1.165) is 25.7 Å². The lowest BCUT2D eigenvalue weighted by Crippen LogP contribution is -2.54. The van der Waals surface area contributed by atoms with Crippen LogP contribution in [-0.4, -0.2) is 47.8 Å². The number of piperidine rings is 1. The minimum atomic E-state index is -0.506. The van der Waals surface area contributed by atoms with E-state index in [4.69, 9.17) is 0 Å². The normalized spacial score (nSPS) is 20.3. The van der Waals surface area contributed by atoms with E-state index >= 15 is 0 Å². The Kier molecular flexibility index (Phi) is 8.77. The van der Waals surface area contributed by atoms with Crippen LogP contribution in [0.1, 0.15) is 79.1 Å². The molecule has 0 bridgehead atoms. The van der Waals surface area contributed by atoms with Crippen LogP contribution in [0, 0.1) is 17.8 Å². The summed E-state index contributed by atoms with van der Waals surface area (Å²) < 4.78 is 0. The zero-order chi connectivity index (χ0) is 20.7. The number of likely N-dealkylation sites (tertiary alicyclic amines) is 1. The lowest BCUT2D eigenvalue weighted by atomic mass is 9.87. The van der Waals surface area contributed by atoms with Gasteiger partial charge >= 0.3 is 0 Å². The van der Waals surface area contributed by atoms with Crippen LogP contribution in [0.4, 0.5) is 0 Å². The van der Waals surface area contributed by atoms with Crippen LogP contribution in [-0.2, 0) is 14.4 Å². The van der Waals surface area contributed by atoms with Crippen molar-refractivity contribution in [2.24, 2.45) is 17.8 Å². The monoisotopic (exact) mass is 393 g/mol. The summed E-state index contributed by atoms with van der Waals surface area (Å²) in [5, 5.41) is 6.00. The molecule has 28 heavy (non-hydrogen) atoms. The van der Waals surface area contributed by atoms with Gasteiger partial charge in [-0.15, -0.1) is 0 Å². The molecule has 6 heteroatoms. The maximum absolute atomic E-state index is 12.7. The van der Waals surface area contributed by atoms with Gasteiger partial charge in [0.05, 0.1) is 0 Å². The van der Waals surface area contributed by atoms with Gasteiger partial charge in [-0.2, -0.15) is 0 Å². The molecule has 0 radical (unpaired) electrons. The number of carbonyl (C=O) groups is 3. The molecule has 0 aromatic carbocycles. The largest absolute Gasteiger partial charge is 0.351 e. The summed E-state index contributed by atoms with van der Waals surface area (Å²) in [5.41, 5.74) is 0. The lowest BCUT2D eigenvalue weighted by molar-refractivity contribution is -0.138. The molecule has 0 aromatic rings. The number of carbonyl (C=O) groups excluding carboxylic acids is 3. The predicted molar refractivity (Wildman–Crippen MR) is 111 cm³/mol. The summed E-state index contributed by atoms with van der Waals surface area (Å²) in [4.78, 5) is 39.5. The minimum absolute atomic E-state index is 0.0316. The molecular formula is C22H39N3O3. The maximum atomic E-state index is 12.7. The third kappa shape index (κ3) is 6.78. The van der Waals surface area contributed by atoms with Gasteiger partial charge in [-0.1, -0.05) is 47.0 Å². The molecule has 2 fully saturated rings. The Labute approximate surface area is 170 Å². The van der Waals surface area contributed by atoms with Crippen molar-refractivity contribution >= 4 is 17.7 Å². The molecule has 1 atom stereocenters. The molecule has 1 saturated carbocycles. The topological polar surface area (TPSA) is 78.5 Å². The van der Waals surface area contributed by atoms with Crippen molar-refractivity contribution in [3.63, 3.8) is 0 Å². The lowest BCUT2D eigenvalue weighted by Gasteiger charge is -2.36. The second-order valence-electron chi connectivity index (χ2n) is 9.33. The standard InChI is InChI=1S/C22H39N3O3/c1-15(2)14-19(26)24-20(16(3)4)21(27)23-18-10-12-25(13-11-18)22(28)17-8-6-5-7-9-17/h15-18,20H,5-14H2,1-4H3,(H,23,27)(H,24,26). The molecule has 0 spiro atoms. The van der Waals surface area contributed by atoms with Gasteiger partial charge in [-0.25, -0.2) is 0 Å². The van der Waals surface area contributed by atoms with Gasteiger partial charge in [0.2, 0.25) is 17.7 Å². The molecule has 1 unspecified atom stereocenters. The van der Waals surface area contributed by atoms with E-state index in [1.165, 1.54) is 19.3 Å². The molecule has 1 aliphatic carbocycles. The van der Waals surface area contributed by atoms with Gasteiger partial charge in [0.1, 0.15) is 6.04 Å². The fourth-order valence-corrected chi connectivity index (χ4v) is 4.28. The van der Waals surface area contributed by atoms with Gasteiger partial charge in [0, 0.05) is 31.5 Å². The number of amides is 3. The molecule has 2 N–H and O–H groups in total. The average molecular weight is 394 g/mol. The molecule has 2 rings (SSSR count). The molecule has 1 heterocycles. The quantitative estimate of drug-likeness (QED) is 0.698. The Morgan fingerprint density at radius 2 is 1.54 bits per heavy atom. The van der Waals surface area contributed by atoms with Crippen LogP contribution in [0.15, 0.2) is 0 Å². The Morgan fingerprint density at radius 3 is 2.07 bits per heavy atom. The first-order chi connectivity index (χ1) is 13.3. The van der Waals surface area contributed by atoms with Crippen molar-refractivity contribution in [2.75, 3.05) is 13.1 Å². The fraction of sp³-hybridized carbons (Fsp3) is 0.864. The molecular weight excluding hydrogens is 354 g/mol. The summed E-state index contributed by atoms with van der Waals surface area (Å²) >= 11 is 0. The van der Waals surface area contributed by atoms with Crippen LogP contribution in [0.3, 0.4) is 0 Å². The van der Waals surface area contributed by atoms with Crippen molar-refractivity contribution in [3.8, 4) is 0 Å². The highest BCUT2D eigenvalue weighted by Gasteiger charge is 2.31. The third-order valence-corrected chi connectivity index (χ3v) is 5.97. The van der Waals surface area contributed by atoms with Crippen molar-refractivity contribution < 1.29 is 14.4 Å². The van der Waals surface area contributed by atoms with Gasteiger partial charge < -0.3 is 15.5 Å². The predicted octanol–water partition coefficient (Wildman–Crippen LogP) is 2.86. The number of hydrogen-bond donors (Lipinski definition) is 2. The first-order valence-electron chi connectivity index (χ1n) is 11.2. The van der Waals surface area contributed by atoms with Crippen LogP contribution < -0.4 is 10.6 Å². The number of nitrogens with one attached hydrogen (secondary N) is 2. The number of hydrogen-bond acceptors (Lipinski definition) is 3. The summed E-state index contributed by atoms with van der Waals surface area (Å²) in [6, 6.07) is -0.431. The zero-order valence-electron chi connectivity index (χ0n) is 18.1. The highest BCUT2D eigenvalue weighted by Crippen LogP contribution is 2.26. The Balaban J connectivity index is 1.80. The van der Waals surface area contributed by atoms with E-state index in [2.05, 4.69) is 10.6 Å². The Morgan fingerprint density at radius 1 is 0.929 bits per heavy atom. The summed E-state index contributed by atoms with van der Waals surface area (Å²) in [6.45, 7) is 9.31. The van der Waals surface area contributed by atoms with E-state index in [9.17, 15) is 14.4 Å². The summed E-state index contributed by atoms with van der Waals surface area (Å²) in [5.74, 6) is 0.638. The molecule has 1 saturated heterocycles. The average Bonchev–Trinajstić information content (AvgIpc) is 2.66. The first kappa shape index (κ1) is 22.7. The minimum Gasteiger partial charge on any atom is -0.351 e. The molecule has 3 amide bonds. The van der Waals surface area contributed by atoms with E-state index in [1.54, 1.807) is 0 Å². The first-order valence-corrected chi connectivity index (χ1v) is 11.2. The van der Waals surface area contributed by atoms with E-state index < -0.39 is 6.04 Å². The Bertz CT molecular complexity index is 533. The maximum Gasteiger partial charge on any atom is 0.243 e. The van der Waals surface area contributed by atoms with Crippen LogP contribution in [0.25, 0.3) is 0 Å². The molecule has 2 aliphatic rings. The number of rotatable bonds is 7. The van der Waals surface area contributed by atoms with Crippen LogP contribution in [0.5, 0.6) is 0 Å². The zero-order valence-corrected chi connectivity index (χ0v) is 18.1. The summed E-state index contributed by atoms with van der Waals surface area (Å²) in [6.07, 6.45) is 7.65. The second-order valence-corrected chi connectivity index (χ2v) is 9.33. The van der Waals surface area contributed by atoms with Gasteiger partial charge in [-0.05, 0) is 37.5 Å². The van der Waals surface area contributed by atoms with Crippen molar-refractivity contribution in [1.82, 2.24) is 15.5 Å². The van der Waals surface area contributed by atoms with Gasteiger partial charge in [-0.3, -0.25) is 14.4 Å². The SMILES string of the molecule is CC(C)CC(=O)NC(C(=O)NC1CCN(C(=O)C2CCCCC2)CC1)C(C)C. The summed E-state index contributed by atoms with van der Waals surface area (Å²) in [7, 11) is 0. The fourth-order valence-electron chi connectivity index (χ4n) is 4.28. The highest BCUT2D eigenvalue weighted by atomic mass is 16.2. The van der Waals surface area contributed by atoms with Gasteiger partial charge in [0.15, 0.2) is 0 Å². The van der Waals surface area contributed by atoms with Crippen LogP contribution >= 0.6 is 0 Å². The van der Waals surface area contributed by atoms with Crippen molar-refractivity contribution in [1.29, 1.82) is 0 Å². The highest BCUT2D eigenvalue weighted by molar-refractivity contribution is 5.88. The van der Waals surface area contributed by atoms with Crippen molar-refractivity contribution in [3.05, 3.63) is 0 Å². The third-order valence-electron chi connectivity index (χ3n) is 5.97. The molecule has 1 aliphatic heterocycles.